The molecule has 1 amide bonds. The first-order chi connectivity index (χ1) is 19.0. The lowest BCUT2D eigenvalue weighted by atomic mass is 9.99. The predicted molar refractivity (Wildman–Crippen MR) is 159 cm³/mol. The molecular weight excluding hydrogens is 486 g/mol. The normalized spacial score (nSPS) is 17.0. The topological polar surface area (TPSA) is 90.1 Å². The number of hydrogen-bond acceptors (Lipinski definition) is 5. The molecule has 0 radical (unpaired) electrons. The van der Waals surface area contributed by atoms with Gasteiger partial charge in [0.05, 0.1) is 5.69 Å². The van der Waals surface area contributed by atoms with Gasteiger partial charge in [0.25, 0.3) is 5.91 Å². The number of nitrogens with one attached hydrogen (secondary N) is 1. The van der Waals surface area contributed by atoms with Gasteiger partial charge in [-0.2, -0.15) is 4.99 Å². The van der Waals surface area contributed by atoms with E-state index in [9.17, 15) is 4.79 Å². The molecule has 3 aromatic rings. The zero-order valence-corrected chi connectivity index (χ0v) is 22.8. The number of aromatic nitrogens is 1. The van der Waals surface area contributed by atoms with Crippen LogP contribution < -0.4 is 16.0 Å². The number of benzene rings is 2. The summed E-state index contributed by atoms with van der Waals surface area (Å²) >= 11 is 0. The molecule has 0 spiro atoms. The first kappa shape index (κ1) is 26.4. The van der Waals surface area contributed by atoms with Gasteiger partial charge in [-0.3, -0.25) is 4.79 Å². The molecule has 39 heavy (non-hydrogen) atoms. The second kappa shape index (κ2) is 12.1. The van der Waals surface area contributed by atoms with Crippen LogP contribution >= 0.6 is 0 Å². The summed E-state index contributed by atoms with van der Waals surface area (Å²) in [6.45, 7) is 3.70. The standard InChI is InChI=1S/C31H37N7O/c1-36-19-16-27(17-20-36)37(2)30(39)25-10-12-26(13-11-25)34-31(32)35-29-28(9-6-18-33-29)38-21-14-24(15-22-38)23-7-4-3-5-8-23/h3-14,18,27H,15-17,19-22H2,1-2H3,(H3,32,33,34,35). The van der Waals surface area contributed by atoms with Crippen LogP contribution in [0.2, 0.25) is 0 Å². The molecule has 0 saturated carbocycles. The maximum absolute atomic E-state index is 13.0. The molecule has 5 rings (SSSR count). The van der Waals surface area contributed by atoms with Crippen molar-refractivity contribution < 1.29 is 4.79 Å². The zero-order chi connectivity index (χ0) is 27.2. The van der Waals surface area contributed by atoms with E-state index in [1.54, 1.807) is 6.20 Å². The molecule has 2 aliphatic rings. The molecule has 202 valence electrons. The van der Waals surface area contributed by atoms with Gasteiger partial charge in [0, 0.05) is 43.6 Å². The van der Waals surface area contributed by atoms with Crippen LogP contribution in [0.5, 0.6) is 0 Å². The lowest BCUT2D eigenvalue weighted by molar-refractivity contribution is 0.0659. The summed E-state index contributed by atoms with van der Waals surface area (Å²) in [6.07, 6.45) is 6.96. The van der Waals surface area contributed by atoms with Crippen molar-refractivity contribution in [2.45, 2.75) is 25.3 Å². The van der Waals surface area contributed by atoms with E-state index in [0.29, 0.717) is 11.4 Å². The van der Waals surface area contributed by atoms with Crippen molar-refractivity contribution in [3.05, 3.63) is 90.1 Å². The Labute approximate surface area is 230 Å². The number of likely N-dealkylation sites (tertiary alicyclic amines) is 1. The van der Waals surface area contributed by atoms with E-state index in [2.05, 4.69) is 62.5 Å². The second-order valence-electron chi connectivity index (χ2n) is 10.3. The van der Waals surface area contributed by atoms with Crippen LogP contribution in [0.1, 0.15) is 35.2 Å². The maximum Gasteiger partial charge on any atom is 0.253 e. The van der Waals surface area contributed by atoms with Crippen LogP contribution in [-0.2, 0) is 0 Å². The van der Waals surface area contributed by atoms with E-state index in [1.165, 1.54) is 11.1 Å². The summed E-state index contributed by atoms with van der Waals surface area (Å²) in [4.78, 5) is 28.6. The molecule has 1 saturated heterocycles. The molecule has 0 aliphatic carbocycles. The SMILES string of the molecule is CN1CCC(N(C)C(=O)c2ccc(NC(N)=Nc3ncccc3N3CC=C(c4ccccc4)CC3)cc2)CC1. The number of aliphatic imine (C=N–C) groups is 1. The fourth-order valence-electron chi connectivity index (χ4n) is 5.26. The first-order valence-corrected chi connectivity index (χ1v) is 13.6. The first-order valence-electron chi connectivity index (χ1n) is 13.6. The lowest BCUT2D eigenvalue weighted by Gasteiger charge is -2.35. The largest absolute Gasteiger partial charge is 0.369 e. The summed E-state index contributed by atoms with van der Waals surface area (Å²) in [5.74, 6) is 0.863. The quantitative estimate of drug-likeness (QED) is 0.363. The molecule has 0 bridgehead atoms. The molecule has 3 N–H and O–H groups in total. The Bertz CT molecular complexity index is 1330. The van der Waals surface area contributed by atoms with Crippen molar-refractivity contribution in [1.82, 2.24) is 14.8 Å². The molecule has 0 unspecified atom stereocenters. The summed E-state index contributed by atoms with van der Waals surface area (Å²) in [7, 11) is 4.03. The highest BCUT2D eigenvalue weighted by Crippen LogP contribution is 2.30. The molecule has 8 heteroatoms. The van der Waals surface area contributed by atoms with Crippen molar-refractivity contribution in [3.63, 3.8) is 0 Å². The number of carbonyl (C=O) groups excluding carboxylic acids is 1. The maximum atomic E-state index is 13.0. The number of pyridine rings is 1. The fourth-order valence-corrected chi connectivity index (χ4v) is 5.26. The fraction of sp³-hybridized carbons (Fsp3) is 0.323. The van der Waals surface area contributed by atoms with Crippen molar-refractivity contribution >= 4 is 34.6 Å². The highest BCUT2D eigenvalue weighted by molar-refractivity contribution is 5.97. The average molecular weight is 524 g/mol. The third-order valence-electron chi connectivity index (χ3n) is 7.65. The molecular formula is C31H37N7O. The van der Waals surface area contributed by atoms with Crippen molar-refractivity contribution in [3.8, 4) is 0 Å². The van der Waals surface area contributed by atoms with Gasteiger partial charge in [0.1, 0.15) is 0 Å². The van der Waals surface area contributed by atoms with Crippen LogP contribution in [0, 0.1) is 0 Å². The van der Waals surface area contributed by atoms with Crippen molar-refractivity contribution in [2.75, 3.05) is 50.5 Å². The van der Waals surface area contributed by atoms with Gasteiger partial charge >= 0.3 is 0 Å². The minimum absolute atomic E-state index is 0.0434. The van der Waals surface area contributed by atoms with Gasteiger partial charge in [0.2, 0.25) is 0 Å². The van der Waals surface area contributed by atoms with Crippen LogP contribution in [0.4, 0.5) is 17.2 Å². The number of nitrogens with two attached hydrogens (primary N) is 1. The number of hydrogen-bond donors (Lipinski definition) is 2. The minimum Gasteiger partial charge on any atom is -0.369 e. The highest BCUT2D eigenvalue weighted by Gasteiger charge is 2.24. The number of carbonyl (C=O) groups is 1. The summed E-state index contributed by atoms with van der Waals surface area (Å²) < 4.78 is 0. The Kier molecular flexibility index (Phi) is 8.22. The Morgan fingerprint density at radius 3 is 2.46 bits per heavy atom. The van der Waals surface area contributed by atoms with Crippen LogP contribution in [0.25, 0.3) is 5.57 Å². The molecule has 3 heterocycles. The zero-order valence-electron chi connectivity index (χ0n) is 22.8. The van der Waals surface area contributed by atoms with E-state index in [1.807, 2.05) is 54.4 Å². The van der Waals surface area contributed by atoms with Crippen LogP contribution in [-0.4, -0.2) is 73.0 Å². The Morgan fingerprint density at radius 2 is 1.77 bits per heavy atom. The van der Waals surface area contributed by atoms with Gasteiger partial charge < -0.3 is 25.8 Å². The third-order valence-corrected chi connectivity index (χ3v) is 7.65. The summed E-state index contributed by atoms with van der Waals surface area (Å²) in [6, 6.07) is 22.1. The Balaban J connectivity index is 1.23. The number of anilines is 2. The van der Waals surface area contributed by atoms with Crippen LogP contribution in [0.15, 0.2) is 84.0 Å². The van der Waals surface area contributed by atoms with E-state index in [-0.39, 0.29) is 17.9 Å². The number of nitrogens with zero attached hydrogens (tertiary/aromatic N) is 5. The smallest absolute Gasteiger partial charge is 0.253 e. The monoisotopic (exact) mass is 523 g/mol. The van der Waals surface area contributed by atoms with Crippen LogP contribution in [0.3, 0.4) is 0 Å². The molecule has 1 aromatic heterocycles. The second-order valence-corrected chi connectivity index (χ2v) is 10.3. The van der Waals surface area contributed by atoms with Gasteiger partial charge in [-0.15, -0.1) is 0 Å². The van der Waals surface area contributed by atoms with E-state index in [4.69, 9.17) is 5.73 Å². The molecule has 0 atom stereocenters. The average Bonchev–Trinajstić information content (AvgIpc) is 2.98. The highest BCUT2D eigenvalue weighted by atomic mass is 16.2. The third kappa shape index (κ3) is 6.46. The van der Waals surface area contributed by atoms with E-state index < -0.39 is 0 Å². The van der Waals surface area contributed by atoms with Crippen molar-refractivity contribution in [2.24, 2.45) is 10.7 Å². The van der Waals surface area contributed by atoms with Gasteiger partial charge in [-0.05, 0) is 86.9 Å². The predicted octanol–water partition coefficient (Wildman–Crippen LogP) is 4.60. The summed E-state index contributed by atoms with van der Waals surface area (Å²) in [5, 5.41) is 3.14. The van der Waals surface area contributed by atoms with Gasteiger partial charge in [0.15, 0.2) is 11.8 Å². The number of amides is 1. The number of rotatable bonds is 6. The van der Waals surface area contributed by atoms with E-state index in [0.717, 1.165) is 56.8 Å². The number of guanidine groups is 1. The lowest BCUT2D eigenvalue weighted by Crippen LogP contribution is -2.44. The molecule has 8 nitrogen and oxygen atoms in total. The van der Waals surface area contributed by atoms with Gasteiger partial charge in [-0.1, -0.05) is 36.4 Å². The Hall–Kier alpha value is -4.17. The van der Waals surface area contributed by atoms with Gasteiger partial charge in [-0.25, -0.2) is 4.98 Å². The summed E-state index contributed by atoms with van der Waals surface area (Å²) in [5.41, 5.74) is 11.3. The molecule has 2 aliphatic heterocycles. The molecule has 2 aromatic carbocycles. The minimum atomic E-state index is 0.0434. The number of piperidine rings is 1. The molecule has 1 fully saturated rings. The van der Waals surface area contributed by atoms with E-state index >= 15 is 0 Å². The Morgan fingerprint density at radius 1 is 1.03 bits per heavy atom. The van der Waals surface area contributed by atoms with Crippen molar-refractivity contribution in [1.29, 1.82) is 0 Å².